The normalized spacial score (nSPS) is 18.6. The molecule has 11 heteroatoms. The van der Waals surface area contributed by atoms with Gasteiger partial charge in [0.1, 0.15) is 17.3 Å². The van der Waals surface area contributed by atoms with Crippen LogP contribution in [0.4, 0.5) is 23.4 Å². The van der Waals surface area contributed by atoms with Gasteiger partial charge in [0, 0.05) is 37.8 Å². The maximum Gasteiger partial charge on any atom is 0.257 e. The zero-order valence-corrected chi connectivity index (χ0v) is 18.6. The number of piperidine rings is 1. The first-order chi connectivity index (χ1) is 16.6. The van der Waals surface area contributed by atoms with Crippen molar-refractivity contribution in [2.24, 2.45) is 0 Å². The number of amides is 1. The summed E-state index contributed by atoms with van der Waals surface area (Å²) in [5.41, 5.74) is -0.0866. The summed E-state index contributed by atoms with van der Waals surface area (Å²) in [5, 5.41) is 2.64. The van der Waals surface area contributed by atoms with Gasteiger partial charge in [-0.2, -0.15) is 0 Å². The zero-order chi connectivity index (χ0) is 25.2. The molecule has 1 fully saturated rings. The number of alkyl halides is 2. The molecule has 1 unspecified atom stereocenters. The molecule has 1 saturated heterocycles. The average Bonchev–Trinajstić information content (AvgIpc) is 2.83. The molecule has 3 heterocycles. The molecule has 1 amide bonds. The Labute approximate surface area is 197 Å². The van der Waals surface area contributed by atoms with Crippen LogP contribution in [0.2, 0.25) is 0 Å². The molecule has 0 aliphatic carbocycles. The lowest BCUT2D eigenvalue weighted by Gasteiger charge is -2.40. The minimum atomic E-state index is -2.98. The number of nitrogens with one attached hydrogen (secondary N) is 2. The fourth-order valence-electron chi connectivity index (χ4n) is 3.85. The molecule has 1 aliphatic heterocycles. The number of ether oxygens (including phenoxy) is 1. The number of carbonyl (C=O) groups excluding carboxylic acids is 1. The second kappa shape index (κ2) is 9.87. The van der Waals surface area contributed by atoms with Crippen LogP contribution < -0.4 is 15.6 Å². The summed E-state index contributed by atoms with van der Waals surface area (Å²) in [6.07, 6.45) is 2.15. The molecule has 1 aliphatic rings. The number of benzene rings is 1. The van der Waals surface area contributed by atoms with Gasteiger partial charge in [0.15, 0.2) is 11.6 Å². The standard InChI is InChI=1S/C24H22F4N4O3/c1-14(32-9-8-24(27,28)18(13-32)15-2-7-22(33)30-11-15)23(34)31-21-6-4-17(12-29-21)35-16-3-5-19(25)20(26)10-16/h2-7,10-12,14,18H,8-9,13H2,1H3,(H,30,33)(H,29,31,34)/t14?,18-/m1/s1. The van der Waals surface area contributed by atoms with Crippen molar-refractivity contribution in [3.63, 3.8) is 0 Å². The second-order valence-electron chi connectivity index (χ2n) is 8.27. The van der Waals surface area contributed by atoms with Gasteiger partial charge in [-0.3, -0.25) is 14.5 Å². The highest BCUT2D eigenvalue weighted by Crippen LogP contribution is 2.40. The lowest BCUT2D eigenvalue weighted by Crippen LogP contribution is -2.52. The van der Waals surface area contributed by atoms with Crippen molar-refractivity contribution in [1.82, 2.24) is 14.9 Å². The molecule has 0 radical (unpaired) electrons. The lowest BCUT2D eigenvalue weighted by molar-refractivity contribution is -0.125. The highest BCUT2D eigenvalue weighted by molar-refractivity contribution is 5.93. The van der Waals surface area contributed by atoms with Crippen LogP contribution in [-0.4, -0.2) is 45.8 Å². The van der Waals surface area contributed by atoms with Gasteiger partial charge in [-0.1, -0.05) is 6.07 Å². The van der Waals surface area contributed by atoms with E-state index in [0.29, 0.717) is 5.56 Å². The minimum Gasteiger partial charge on any atom is -0.456 e. The number of halogens is 4. The summed E-state index contributed by atoms with van der Waals surface area (Å²) >= 11 is 0. The second-order valence-corrected chi connectivity index (χ2v) is 8.27. The fourth-order valence-corrected chi connectivity index (χ4v) is 3.85. The van der Waals surface area contributed by atoms with Crippen molar-refractivity contribution in [2.75, 3.05) is 18.4 Å². The zero-order valence-electron chi connectivity index (χ0n) is 18.6. The summed E-state index contributed by atoms with van der Waals surface area (Å²) in [6.45, 7) is 1.57. The summed E-state index contributed by atoms with van der Waals surface area (Å²) in [6, 6.07) is 7.90. The Kier molecular flexibility index (Phi) is 6.88. The van der Waals surface area contributed by atoms with Gasteiger partial charge in [-0.05, 0) is 36.8 Å². The lowest BCUT2D eigenvalue weighted by atomic mass is 9.87. The number of hydrogen-bond acceptors (Lipinski definition) is 5. The molecule has 4 rings (SSSR count). The summed E-state index contributed by atoms with van der Waals surface area (Å²) in [5.74, 6) is -6.10. The third-order valence-corrected chi connectivity index (χ3v) is 5.91. The summed E-state index contributed by atoms with van der Waals surface area (Å²) in [7, 11) is 0. The molecule has 1 aromatic carbocycles. The number of H-pyrrole nitrogens is 1. The summed E-state index contributed by atoms with van der Waals surface area (Å²) < 4.78 is 61.0. The monoisotopic (exact) mass is 490 g/mol. The number of aromatic nitrogens is 2. The molecule has 2 N–H and O–H groups in total. The van der Waals surface area contributed by atoms with Crippen LogP contribution in [0.1, 0.15) is 24.8 Å². The first kappa shape index (κ1) is 24.4. The quantitative estimate of drug-likeness (QED) is 0.504. The van der Waals surface area contributed by atoms with Crippen LogP contribution in [0, 0.1) is 11.6 Å². The molecular weight excluding hydrogens is 468 g/mol. The molecule has 2 aromatic heterocycles. The summed E-state index contributed by atoms with van der Waals surface area (Å²) in [4.78, 5) is 32.2. The van der Waals surface area contributed by atoms with E-state index in [0.717, 1.165) is 12.1 Å². The van der Waals surface area contributed by atoms with Gasteiger partial charge in [-0.15, -0.1) is 0 Å². The van der Waals surface area contributed by atoms with E-state index in [9.17, 15) is 27.2 Å². The van der Waals surface area contributed by atoms with Gasteiger partial charge in [-0.25, -0.2) is 22.5 Å². The van der Waals surface area contributed by atoms with Crippen LogP contribution in [0.3, 0.4) is 0 Å². The van der Waals surface area contributed by atoms with E-state index in [1.54, 1.807) is 11.8 Å². The van der Waals surface area contributed by atoms with Crippen molar-refractivity contribution in [3.8, 4) is 11.5 Å². The SMILES string of the molecule is CC(C(=O)Nc1ccc(Oc2ccc(F)c(F)c2)cn1)N1CCC(F)(F)[C@@H](c2ccc(=O)[nH]c2)C1. The number of hydrogen-bond donors (Lipinski definition) is 2. The van der Waals surface area contributed by atoms with Crippen molar-refractivity contribution in [1.29, 1.82) is 0 Å². The van der Waals surface area contributed by atoms with Crippen LogP contribution in [-0.2, 0) is 4.79 Å². The smallest absolute Gasteiger partial charge is 0.257 e. The number of likely N-dealkylation sites (tertiary alicyclic amines) is 1. The van der Waals surface area contributed by atoms with E-state index < -0.39 is 41.8 Å². The number of anilines is 1. The first-order valence-electron chi connectivity index (χ1n) is 10.8. The largest absolute Gasteiger partial charge is 0.456 e. The predicted octanol–water partition coefficient (Wildman–Crippen LogP) is 4.29. The van der Waals surface area contributed by atoms with Gasteiger partial charge in [0.25, 0.3) is 5.92 Å². The number of aromatic amines is 1. The topological polar surface area (TPSA) is 87.3 Å². The van der Waals surface area contributed by atoms with E-state index in [2.05, 4.69) is 15.3 Å². The first-order valence-corrected chi connectivity index (χ1v) is 10.8. The van der Waals surface area contributed by atoms with Gasteiger partial charge in [0.2, 0.25) is 11.5 Å². The van der Waals surface area contributed by atoms with Crippen molar-refractivity contribution >= 4 is 11.7 Å². The molecule has 0 bridgehead atoms. The fraction of sp³-hybridized carbons (Fsp3) is 0.292. The molecule has 3 aromatic rings. The minimum absolute atomic E-state index is 0.0237. The highest BCUT2D eigenvalue weighted by Gasteiger charge is 2.46. The predicted molar refractivity (Wildman–Crippen MR) is 120 cm³/mol. The van der Waals surface area contributed by atoms with E-state index in [1.165, 1.54) is 42.7 Å². The Hall–Kier alpha value is -3.73. The van der Waals surface area contributed by atoms with E-state index in [1.807, 2.05) is 0 Å². The molecule has 184 valence electrons. The van der Waals surface area contributed by atoms with Crippen LogP contribution in [0.25, 0.3) is 0 Å². The Bertz CT molecular complexity index is 1250. The number of pyridine rings is 2. The van der Waals surface area contributed by atoms with E-state index in [-0.39, 0.29) is 36.0 Å². The Morgan fingerprint density at radius 1 is 1.17 bits per heavy atom. The third-order valence-electron chi connectivity index (χ3n) is 5.91. The van der Waals surface area contributed by atoms with Gasteiger partial charge < -0.3 is 15.0 Å². The van der Waals surface area contributed by atoms with Crippen molar-refractivity contribution < 1.29 is 27.1 Å². The highest BCUT2D eigenvalue weighted by atomic mass is 19.3. The Balaban J connectivity index is 1.38. The Morgan fingerprint density at radius 3 is 2.60 bits per heavy atom. The molecule has 0 saturated carbocycles. The van der Waals surface area contributed by atoms with E-state index in [4.69, 9.17) is 4.74 Å². The van der Waals surface area contributed by atoms with Crippen molar-refractivity contribution in [2.45, 2.75) is 31.2 Å². The number of nitrogens with zero attached hydrogens (tertiary/aromatic N) is 2. The van der Waals surface area contributed by atoms with Gasteiger partial charge >= 0.3 is 0 Å². The maximum absolute atomic E-state index is 14.6. The van der Waals surface area contributed by atoms with Gasteiger partial charge in [0.05, 0.1) is 18.2 Å². The molecule has 35 heavy (non-hydrogen) atoms. The molecule has 7 nitrogen and oxygen atoms in total. The molecular formula is C24H22F4N4O3. The van der Waals surface area contributed by atoms with E-state index >= 15 is 0 Å². The van der Waals surface area contributed by atoms with Crippen LogP contribution in [0.5, 0.6) is 11.5 Å². The average molecular weight is 490 g/mol. The molecule has 0 spiro atoms. The molecule has 2 atom stereocenters. The van der Waals surface area contributed by atoms with Crippen LogP contribution in [0.15, 0.2) is 59.7 Å². The number of carbonyl (C=O) groups is 1. The van der Waals surface area contributed by atoms with Crippen molar-refractivity contribution in [3.05, 3.63) is 82.4 Å². The van der Waals surface area contributed by atoms with Crippen LogP contribution >= 0.6 is 0 Å². The number of rotatable bonds is 6. The Morgan fingerprint density at radius 2 is 1.94 bits per heavy atom. The maximum atomic E-state index is 14.6. The third kappa shape index (κ3) is 5.68.